The van der Waals surface area contributed by atoms with Crippen molar-refractivity contribution in [2.45, 2.75) is 20.0 Å². The normalized spacial score (nSPS) is 10.2. The quantitative estimate of drug-likeness (QED) is 0.401. The standard InChI is InChI=1S/C3H10OSi/c1-3(2)4-5/h3H,1-2,5H3. The van der Waals surface area contributed by atoms with Crippen LogP contribution in [0.4, 0.5) is 0 Å². The molecule has 0 atom stereocenters. The summed E-state index contributed by atoms with van der Waals surface area (Å²) in [4.78, 5) is 0. The van der Waals surface area contributed by atoms with Gasteiger partial charge in [0, 0.05) is 6.10 Å². The topological polar surface area (TPSA) is 9.23 Å². The molecule has 0 radical (unpaired) electrons. The van der Waals surface area contributed by atoms with E-state index in [4.69, 9.17) is 4.43 Å². The third kappa shape index (κ3) is 4.18. The molecule has 0 aromatic carbocycles. The average Bonchev–Trinajstić information content (AvgIpc) is 1.38. The lowest BCUT2D eigenvalue weighted by Crippen LogP contribution is -1.95. The fourth-order valence-corrected chi connectivity index (χ4v) is 0. The molecule has 0 bridgehead atoms. The van der Waals surface area contributed by atoms with E-state index in [-0.39, 0.29) is 0 Å². The predicted molar refractivity (Wildman–Crippen MR) is 26.2 cm³/mol. The summed E-state index contributed by atoms with van der Waals surface area (Å²) in [6.07, 6.45) is 0.446. The van der Waals surface area contributed by atoms with Crippen LogP contribution in [-0.4, -0.2) is 16.6 Å². The van der Waals surface area contributed by atoms with E-state index < -0.39 is 0 Å². The highest BCUT2D eigenvalue weighted by Crippen LogP contribution is 1.76. The molecule has 0 amide bonds. The third-order valence-corrected chi connectivity index (χ3v) is 1.41. The highest BCUT2D eigenvalue weighted by atomic mass is 28.2. The van der Waals surface area contributed by atoms with Crippen molar-refractivity contribution in [1.82, 2.24) is 0 Å². The summed E-state index contributed by atoms with van der Waals surface area (Å²) in [6, 6.07) is 0. The first-order chi connectivity index (χ1) is 2.27. The lowest BCUT2D eigenvalue weighted by Gasteiger charge is -1.95. The Morgan fingerprint density at radius 3 is 1.80 bits per heavy atom. The molecule has 0 aliphatic carbocycles. The van der Waals surface area contributed by atoms with Gasteiger partial charge in [0.15, 0.2) is 0 Å². The Morgan fingerprint density at radius 1 is 1.60 bits per heavy atom. The van der Waals surface area contributed by atoms with Gasteiger partial charge in [-0.2, -0.15) is 0 Å². The van der Waals surface area contributed by atoms with Crippen LogP contribution in [0.1, 0.15) is 13.8 Å². The Kier molecular flexibility index (Phi) is 2.50. The maximum atomic E-state index is 4.89. The lowest BCUT2D eigenvalue weighted by molar-refractivity contribution is 0.267. The molecule has 0 aromatic rings. The van der Waals surface area contributed by atoms with E-state index in [1.54, 1.807) is 0 Å². The third-order valence-electron chi connectivity index (χ3n) is 0.471. The van der Waals surface area contributed by atoms with Crippen LogP contribution in [0.3, 0.4) is 0 Å². The van der Waals surface area contributed by atoms with Gasteiger partial charge in [-0.3, -0.25) is 0 Å². The van der Waals surface area contributed by atoms with Crippen LogP contribution < -0.4 is 0 Å². The van der Waals surface area contributed by atoms with Crippen LogP contribution in [0.5, 0.6) is 0 Å². The first-order valence-electron chi connectivity index (χ1n) is 1.80. The highest BCUT2D eigenvalue weighted by molar-refractivity contribution is 5.98. The van der Waals surface area contributed by atoms with Gasteiger partial charge in [-0.05, 0) is 13.8 Å². The first kappa shape index (κ1) is 5.18. The van der Waals surface area contributed by atoms with Gasteiger partial charge in [0.1, 0.15) is 10.5 Å². The second kappa shape index (κ2) is 2.42. The number of hydrogen-bond acceptors (Lipinski definition) is 1. The van der Waals surface area contributed by atoms with Crippen molar-refractivity contribution in [3.8, 4) is 0 Å². The molecule has 2 heteroatoms. The summed E-state index contributed by atoms with van der Waals surface area (Å²) in [7, 11) is 0.873. The molecule has 0 fully saturated rings. The second-order valence-corrected chi connectivity index (χ2v) is 1.76. The summed E-state index contributed by atoms with van der Waals surface area (Å²) in [6.45, 7) is 4.07. The smallest absolute Gasteiger partial charge is 0.146 e. The van der Waals surface area contributed by atoms with Gasteiger partial charge in [-0.15, -0.1) is 0 Å². The van der Waals surface area contributed by atoms with Gasteiger partial charge in [0.05, 0.1) is 0 Å². The SMILES string of the molecule is CC(C)O[SiH3]. The van der Waals surface area contributed by atoms with Crippen LogP contribution in [0.15, 0.2) is 0 Å². The van der Waals surface area contributed by atoms with Gasteiger partial charge in [-0.1, -0.05) is 0 Å². The van der Waals surface area contributed by atoms with Crippen LogP contribution in [0, 0.1) is 0 Å². The lowest BCUT2D eigenvalue weighted by atomic mass is 10.5. The fourth-order valence-electron chi connectivity index (χ4n) is 0. The van der Waals surface area contributed by atoms with E-state index in [0.29, 0.717) is 6.10 Å². The predicted octanol–water partition coefficient (Wildman–Crippen LogP) is -0.308. The summed E-state index contributed by atoms with van der Waals surface area (Å²) >= 11 is 0. The molecule has 0 saturated carbocycles. The Bertz CT molecular complexity index is 20.9. The maximum Gasteiger partial charge on any atom is 0.146 e. The molecule has 32 valence electrons. The van der Waals surface area contributed by atoms with Crippen LogP contribution in [0.2, 0.25) is 0 Å². The van der Waals surface area contributed by atoms with E-state index in [9.17, 15) is 0 Å². The molecule has 0 heterocycles. The molecule has 0 aliphatic rings. The zero-order valence-corrected chi connectivity index (χ0v) is 5.99. The van der Waals surface area contributed by atoms with Crippen molar-refractivity contribution < 1.29 is 4.43 Å². The number of hydrogen-bond donors (Lipinski definition) is 0. The summed E-state index contributed by atoms with van der Waals surface area (Å²) < 4.78 is 4.89. The van der Waals surface area contributed by atoms with Gasteiger partial charge in [0.25, 0.3) is 0 Å². The summed E-state index contributed by atoms with van der Waals surface area (Å²) in [5.74, 6) is 0. The van der Waals surface area contributed by atoms with Crippen LogP contribution >= 0.6 is 0 Å². The highest BCUT2D eigenvalue weighted by Gasteiger charge is 1.77. The van der Waals surface area contributed by atoms with E-state index >= 15 is 0 Å². The molecule has 0 spiro atoms. The largest absolute Gasteiger partial charge is 0.426 e. The molecule has 5 heavy (non-hydrogen) atoms. The molecule has 0 aliphatic heterocycles. The van der Waals surface area contributed by atoms with E-state index in [2.05, 4.69) is 0 Å². The minimum absolute atomic E-state index is 0.446. The number of rotatable bonds is 1. The van der Waals surface area contributed by atoms with Gasteiger partial charge in [0.2, 0.25) is 0 Å². The maximum absolute atomic E-state index is 4.89. The molecule has 1 nitrogen and oxygen atoms in total. The van der Waals surface area contributed by atoms with E-state index in [0.717, 1.165) is 10.5 Å². The molecular weight excluding hydrogens is 80.1 g/mol. The van der Waals surface area contributed by atoms with Crippen molar-refractivity contribution in [3.63, 3.8) is 0 Å². The molecule has 0 aromatic heterocycles. The summed E-state index contributed by atoms with van der Waals surface area (Å²) in [5.41, 5.74) is 0. The van der Waals surface area contributed by atoms with Crippen molar-refractivity contribution in [2.24, 2.45) is 0 Å². The molecule has 0 unspecified atom stereocenters. The zero-order valence-electron chi connectivity index (χ0n) is 3.99. The molecule has 0 N–H and O–H groups in total. The summed E-state index contributed by atoms with van der Waals surface area (Å²) in [5, 5.41) is 0. The molecule has 0 saturated heterocycles. The van der Waals surface area contributed by atoms with Crippen molar-refractivity contribution >= 4 is 10.5 Å². The zero-order chi connectivity index (χ0) is 4.28. The van der Waals surface area contributed by atoms with Crippen molar-refractivity contribution in [2.75, 3.05) is 0 Å². The van der Waals surface area contributed by atoms with Gasteiger partial charge >= 0.3 is 0 Å². The van der Waals surface area contributed by atoms with Crippen LogP contribution in [0.25, 0.3) is 0 Å². The Morgan fingerprint density at radius 2 is 1.80 bits per heavy atom. The Labute approximate surface area is 35.9 Å². The minimum Gasteiger partial charge on any atom is -0.426 e. The fraction of sp³-hybridized carbons (Fsp3) is 1.00. The monoisotopic (exact) mass is 90.1 g/mol. The van der Waals surface area contributed by atoms with E-state index in [1.165, 1.54) is 0 Å². The minimum atomic E-state index is 0.446. The van der Waals surface area contributed by atoms with Crippen LogP contribution in [-0.2, 0) is 4.43 Å². The Balaban J connectivity index is 2.54. The molecular formula is C3H10OSi. The van der Waals surface area contributed by atoms with Gasteiger partial charge in [-0.25, -0.2) is 0 Å². The first-order valence-corrected chi connectivity index (χ1v) is 2.62. The van der Waals surface area contributed by atoms with Gasteiger partial charge < -0.3 is 4.43 Å². The average molecular weight is 90.2 g/mol. The Hall–Kier alpha value is 0.177. The second-order valence-electron chi connectivity index (χ2n) is 1.28. The van der Waals surface area contributed by atoms with E-state index in [1.807, 2.05) is 13.8 Å². The van der Waals surface area contributed by atoms with Crippen molar-refractivity contribution in [3.05, 3.63) is 0 Å². The van der Waals surface area contributed by atoms with Crippen molar-refractivity contribution in [1.29, 1.82) is 0 Å². The molecule has 0 rings (SSSR count).